The number of benzene rings is 2. The van der Waals surface area contributed by atoms with E-state index in [0.717, 1.165) is 22.9 Å². The molecule has 4 nitrogen and oxygen atoms in total. The van der Waals surface area contributed by atoms with Gasteiger partial charge in [0, 0.05) is 18.1 Å². The Labute approximate surface area is 152 Å². The van der Waals surface area contributed by atoms with Gasteiger partial charge < -0.3 is 0 Å². The van der Waals surface area contributed by atoms with E-state index in [1.165, 1.54) is 48.9 Å². The van der Waals surface area contributed by atoms with E-state index in [4.69, 9.17) is 0 Å². The largest absolute Gasteiger partial charge is 0.435 e. The third-order valence-electron chi connectivity index (χ3n) is 3.89. The highest BCUT2D eigenvalue weighted by Crippen LogP contribution is 2.34. The molecule has 27 heavy (non-hydrogen) atoms. The molecule has 0 fully saturated rings. The lowest BCUT2D eigenvalue weighted by atomic mass is 10.1. The van der Waals surface area contributed by atoms with Crippen molar-refractivity contribution in [1.82, 2.24) is 9.78 Å². The van der Waals surface area contributed by atoms with Crippen LogP contribution < -0.4 is 0 Å². The van der Waals surface area contributed by atoms with Gasteiger partial charge in [0.25, 0.3) is 0 Å². The maximum absolute atomic E-state index is 13.2. The van der Waals surface area contributed by atoms with Crippen molar-refractivity contribution < 1.29 is 26.3 Å². The molecule has 1 N–H and O–H groups in total. The Hall–Kier alpha value is -2.52. The van der Waals surface area contributed by atoms with Crippen LogP contribution in [0.25, 0.3) is 16.9 Å². The molecule has 0 aliphatic carbocycles. The highest BCUT2D eigenvalue weighted by atomic mass is 32.3. The Morgan fingerprint density at radius 2 is 1.56 bits per heavy atom. The van der Waals surface area contributed by atoms with Gasteiger partial charge in [0.15, 0.2) is 5.69 Å². The predicted molar refractivity (Wildman–Crippen MR) is 94.8 cm³/mol. The van der Waals surface area contributed by atoms with Gasteiger partial charge in [-0.25, -0.2) is 13.3 Å². The third kappa shape index (κ3) is 4.09. The summed E-state index contributed by atoms with van der Waals surface area (Å²) in [5, 5.41) is 3.63. The quantitative estimate of drug-likeness (QED) is 0.654. The van der Waals surface area contributed by atoms with Gasteiger partial charge in [-0.1, -0.05) is 0 Å². The molecule has 0 amide bonds. The third-order valence-corrected chi connectivity index (χ3v) is 5.51. The zero-order valence-corrected chi connectivity index (χ0v) is 15.2. The van der Waals surface area contributed by atoms with Crippen LogP contribution in [0.5, 0.6) is 0 Å². The van der Waals surface area contributed by atoms with Crippen molar-refractivity contribution in [2.75, 3.05) is 12.5 Å². The zero-order valence-electron chi connectivity index (χ0n) is 14.4. The zero-order chi connectivity index (χ0) is 20.1. The Bertz CT molecular complexity index is 1040. The summed E-state index contributed by atoms with van der Waals surface area (Å²) in [6, 6.07) is 11.4. The Morgan fingerprint density at radius 3 is 2.04 bits per heavy atom. The van der Waals surface area contributed by atoms with Crippen LogP contribution in [0.2, 0.25) is 0 Å². The van der Waals surface area contributed by atoms with Crippen molar-refractivity contribution >= 4 is 9.35 Å². The van der Waals surface area contributed by atoms with Crippen LogP contribution in [0.15, 0.2) is 59.5 Å². The lowest BCUT2D eigenvalue weighted by molar-refractivity contribution is -0.141. The minimum atomic E-state index is -4.66. The molecule has 0 aliphatic rings. The van der Waals surface area contributed by atoms with Crippen LogP contribution >= 0.6 is 0 Å². The molecule has 0 aliphatic heterocycles. The molecule has 0 atom stereocenters. The van der Waals surface area contributed by atoms with Crippen molar-refractivity contribution in [2.24, 2.45) is 0 Å². The number of halogens is 4. The van der Waals surface area contributed by atoms with Crippen LogP contribution in [0, 0.1) is 5.82 Å². The monoisotopic (exact) mass is 400 g/mol. The topological polar surface area (TPSA) is 55.1 Å². The Kier molecular flexibility index (Phi) is 4.28. The number of nitrogens with zero attached hydrogens (tertiary/aromatic N) is 2. The first-order valence-corrected chi connectivity index (χ1v) is 10.5. The van der Waals surface area contributed by atoms with E-state index in [1.807, 2.05) is 0 Å². The molecule has 1 aromatic heterocycles. The molecule has 3 aromatic rings. The Morgan fingerprint density at radius 1 is 1.00 bits per heavy atom. The smallest absolute Gasteiger partial charge is 0.299 e. The summed E-state index contributed by atoms with van der Waals surface area (Å²) in [4.78, 5) is 0.155. The number of hydrogen-bond acceptors (Lipinski definition) is 2. The predicted octanol–water partition coefficient (Wildman–Crippen LogP) is 4.61. The van der Waals surface area contributed by atoms with Crippen LogP contribution in [0.1, 0.15) is 5.69 Å². The number of rotatable bonds is 3. The molecular weight excluding hydrogens is 384 g/mol. The average Bonchev–Trinajstić information content (AvgIpc) is 3.00. The van der Waals surface area contributed by atoms with E-state index >= 15 is 0 Å². The molecule has 0 radical (unpaired) electrons. The molecule has 9 heteroatoms. The van der Waals surface area contributed by atoms with Crippen molar-refractivity contribution in [3.63, 3.8) is 0 Å². The first-order chi connectivity index (χ1) is 12.3. The van der Waals surface area contributed by atoms with Crippen LogP contribution in [-0.2, 0) is 15.5 Å². The first kappa shape index (κ1) is 19.2. The molecule has 2 aromatic carbocycles. The van der Waals surface area contributed by atoms with Crippen molar-refractivity contribution in [1.29, 1.82) is 0 Å². The normalized spacial score (nSPS) is 14.0. The molecule has 0 spiro atoms. The lowest BCUT2D eigenvalue weighted by Gasteiger charge is -2.33. The van der Waals surface area contributed by atoms with E-state index in [2.05, 4.69) is 5.10 Å². The summed E-state index contributed by atoms with van der Waals surface area (Å²) >= 11 is 0. The molecule has 144 valence electrons. The van der Waals surface area contributed by atoms with Gasteiger partial charge >= 0.3 is 6.18 Å². The molecule has 3 rings (SSSR count). The maximum atomic E-state index is 13.2. The van der Waals surface area contributed by atoms with Gasteiger partial charge in [-0.15, -0.1) is 0 Å². The maximum Gasteiger partial charge on any atom is 0.435 e. The second-order valence-electron chi connectivity index (χ2n) is 6.59. The van der Waals surface area contributed by atoms with Crippen molar-refractivity contribution in [3.8, 4) is 16.9 Å². The molecule has 0 saturated heterocycles. The highest BCUT2D eigenvalue weighted by Gasteiger charge is 2.35. The molecule has 0 unspecified atom stereocenters. The minimum Gasteiger partial charge on any atom is -0.299 e. The van der Waals surface area contributed by atoms with E-state index < -0.39 is 27.0 Å². The summed E-state index contributed by atoms with van der Waals surface area (Å²) in [7, 11) is -3.98. The number of hydrogen-bond donors (Lipinski definition) is 1. The van der Waals surface area contributed by atoms with Crippen molar-refractivity contribution in [3.05, 3.63) is 66.1 Å². The van der Waals surface area contributed by atoms with Gasteiger partial charge in [0.05, 0.1) is 16.3 Å². The van der Waals surface area contributed by atoms with E-state index in [0.29, 0.717) is 5.56 Å². The fraction of sp³-hybridized carbons (Fsp3) is 0.167. The summed E-state index contributed by atoms with van der Waals surface area (Å²) in [6.07, 6.45) is -2.28. The highest BCUT2D eigenvalue weighted by molar-refractivity contribution is 8.14. The first-order valence-electron chi connectivity index (χ1n) is 7.72. The number of alkyl halides is 3. The van der Waals surface area contributed by atoms with Crippen LogP contribution in [-0.4, -0.2) is 31.1 Å². The fourth-order valence-electron chi connectivity index (χ4n) is 2.52. The fourth-order valence-corrected chi connectivity index (χ4v) is 3.43. The van der Waals surface area contributed by atoms with Crippen molar-refractivity contribution in [2.45, 2.75) is 11.1 Å². The summed E-state index contributed by atoms with van der Waals surface area (Å²) in [5.41, 5.74) is -0.366. The molecule has 1 heterocycles. The summed E-state index contributed by atoms with van der Waals surface area (Å²) in [5.74, 6) is -0.514. The van der Waals surface area contributed by atoms with E-state index in [-0.39, 0.29) is 16.3 Å². The van der Waals surface area contributed by atoms with Gasteiger partial charge in [0.2, 0.25) is 0 Å². The molecular formula is C18H16F4N2O2S. The minimum absolute atomic E-state index is 0.115. The second-order valence-corrected chi connectivity index (χ2v) is 10.6. The number of aromatic nitrogens is 2. The molecule has 0 bridgehead atoms. The lowest BCUT2D eigenvalue weighted by Crippen LogP contribution is -2.28. The second kappa shape index (κ2) is 6.00. The molecule has 0 saturated carbocycles. The summed E-state index contributed by atoms with van der Waals surface area (Å²) < 4.78 is 75.9. The van der Waals surface area contributed by atoms with E-state index in [9.17, 15) is 26.3 Å². The van der Waals surface area contributed by atoms with Crippen LogP contribution in [0.3, 0.4) is 0 Å². The Balaban J connectivity index is 2.15. The van der Waals surface area contributed by atoms with Gasteiger partial charge in [-0.05, 0) is 54.6 Å². The standard InChI is InChI=1S/C18H16F4N2O2S/c1-27(2,25,26)15-9-7-14(8-10-15)24-16(11-17(23-24)18(20,21)22)12-3-5-13(19)6-4-12/h3-11H,1-2H3,(H,25,26). The summed E-state index contributed by atoms with van der Waals surface area (Å²) in [6.45, 7) is 0. The van der Waals surface area contributed by atoms with Gasteiger partial charge in [0.1, 0.15) is 5.82 Å². The van der Waals surface area contributed by atoms with Gasteiger partial charge in [-0.3, -0.25) is 4.55 Å². The average molecular weight is 400 g/mol. The SMILES string of the molecule is CS(C)(=O)(O)c1ccc(-n2nc(C(F)(F)F)cc2-c2ccc(F)cc2)cc1. The van der Waals surface area contributed by atoms with Crippen LogP contribution in [0.4, 0.5) is 17.6 Å². The van der Waals surface area contributed by atoms with E-state index in [1.54, 1.807) is 0 Å². The van der Waals surface area contributed by atoms with Gasteiger partial charge in [-0.2, -0.15) is 27.6 Å².